The van der Waals surface area contributed by atoms with E-state index in [9.17, 15) is 30.0 Å². The maximum atomic E-state index is 12.4. The summed E-state index contributed by atoms with van der Waals surface area (Å²) in [6.45, 7) is 1.61. The number of hydrogen-bond acceptors (Lipinski definition) is 7. The molecule has 1 aromatic rings. The molecule has 2 rings (SSSR count). The van der Waals surface area contributed by atoms with Crippen molar-refractivity contribution in [3.8, 4) is 11.5 Å². The second-order valence-corrected chi connectivity index (χ2v) is 6.18. The SMILES string of the molecule is C[C@@H]1C/C=C\C(=O)[C@@H](O)[C@@H](O)CC/C=C/c2cc(O)cc(O)c2C(=O)O1. The number of aliphatic hydroxyl groups excluding tert-OH is 2. The average Bonchev–Trinajstić information content (AvgIpc) is 2.56. The molecule has 3 atom stereocenters. The Hall–Kier alpha value is -2.64. The highest BCUT2D eigenvalue weighted by Gasteiger charge is 2.23. The molecule has 1 aliphatic rings. The first-order valence-electron chi connectivity index (χ1n) is 8.29. The fourth-order valence-electron chi connectivity index (χ4n) is 2.58. The third-order valence-electron chi connectivity index (χ3n) is 3.98. The number of aliphatic hydroxyl groups is 2. The van der Waals surface area contributed by atoms with E-state index in [0.717, 1.165) is 12.1 Å². The smallest absolute Gasteiger partial charge is 0.342 e. The normalized spacial score (nSPS) is 27.6. The van der Waals surface area contributed by atoms with Crippen LogP contribution in [0.1, 0.15) is 42.1 Å². The molecule has 0 unspecified atom stereocenters. The number of phenolic OH excluding ortho intramolecular Hbond substituents is 2. The Kier molecular flexibility index (Phi) is 6.54. The summed E-state index contributed by atoms with van der Waals surface area (Å²) < 4.78 is 5.27. The van der Waals surface area contributed by atoms with Crippen LogP contribution in [0.3, 0.4) is 0 Å². The van der Waals surface area contributed by atoms with Crippen LogP contribution in [0.25, 0.3) is 6.08 Å². The number of aromatic hydroxyl groups is 2. The van der Waals surface area contributed by atoms with E-state index in [-0.39, 0.29) is 29.7 Å². The van der Waals surface area contributed by atoms with Gasteiger partial charge in [0.15, 0.2) is 5.78 Å². The van der Waals surface area contributed by atoms with Gasteiger partial charge in [-0.1, -0.05) is 18.2 Å². The van der Waals surface area contributed by atoms with E-state index < -0.39 is 35.8 Å². The standard InChI is InChI=1S/C19H22O7/c1-11-5-4-8-15(22)18(24)14(21)7-3-2-6-12-9-13(20)10-16(23)17(12)19(25)26-11/h2,4,6,8-11,14,18,20-21,23-24H,3,5,7H2,1H3/b6-2+,8-4-/t11-,14+,18+/m1/s1. The van der Waals surface area contributed by atoms with Gasteiger partial charge in [0, 0.05) is 12.5 Å². The summed E-state index contributed by atoms with van der Waals surface area (Å²) in [6, 6.07) is 2.36. The zero-order chi connectivity index (χ0) is 19.3. The third-order valence-corrected chi connectivity index (χ3v) is 3.98. The predicted molar refractivity (Wildman–Crippen MR) is 93.7 cm³/mol. The van der Waals surface area contributed by atoms with E-state index in [2.05, 4.69) is 0 Å². The largest absolute Gasteiger partial charge is 0.508 e. The Labute approximate surface area is 150 Å². The second kappa shape index (κ2) is 8.64. The zero-order valence-corrected chi connectivity index (χ0v) is 14.3. The van der Waals surface area contributed by atoms with Gasteiger partial charge in [0.1, 0.15) is 29.3 Å². The molecule has 0 spiro atoms. The Morgan fingerprint density at radius 1 is 1.08 bits per heavy atom. The average molecular weight is 362 g/mol. The number of allylic oxidation sites excluding steroid dienone is 1. The number of esters is 1. The van der Waals surface area contributed by atoms with Crippen LogP contribution >= 0.6 is 0 Å². The van der Waals surface area contributed by atoms with Crippen molar-refractivity contribution in [1.82, 2.24) is 0 Å². The Morgan fingerprint density at radius 3 is 2.54 bits per heavy atom. The number of carbonyl (C=O) groups is 2. The molecule has 0 bridgehead atoms. The van der Waals surface area contributed by atoms with Crippen molar-refractivity contribution < 1.29 is 34.8 Å². The fourth-order valence-corrected chi connectivity index (χ4v) is 2.58. The van der Waals surface area contributed by atoms with Gasteiger partial charge in [0.25, 0.3) is 0 Å². The quantitative estimate of drug-likeness (QED) is 0.518. The second-order valence-electron chi connectivity index (χ2n) is 6.18. The van der Waals surface area contributed by atoms with Gasteiger partial charge in [-0.3, -0.25) is 4.79 Å². The minimum atomic E-state index is -1.52. The molecule has 0 aromatic heterocycles. The molecule has 140 valence electrons. The Bertz CT molecular complexity index is 736. The first kappa shape index (κ1) is 19.7. The molecule has 0 fully saturated rings. The maximum Gasteiger partial charge on any atom is 0.342 e. The minimum Gasteiger partial charge on any atom is -0.508 e. The highest BCUT2D eigenvalue weighted by molar-refractivity contribution is 5.97. The first-order chi connectivity index (χ1) is 12.3. The number of rotatable bonds is 0. The van der Waals surface area contributed by atoms with E-state index in [1.165, 1.54) is 18.2 Å². The minimum absolute atomic E-state index is 0.0820. The molecule has 7 heteroatoms. The van der Waals surface area contributed by atoms with Gasteiger partial charge in [0.05, 0.1) is 6.10 Å². The van der Waals surface area contributed by atoms with Crippen LogP contribution in [0, 0.1) is 0 Å². The Balaban J connectivity index is 2.37. The summed E-state index contributed by atoms with van der Waals surface area (Å²) in [4.78, 5) is 24.2. The Morgan fingerprint density at radius 2 is 1.81 bits per heavy atom. The first-order valence-corrected chi connectivity index (χ1v) is 8.29. The number of benzene rings is 1. The number of cyclic esters (lactones) is 1. The van der Waals surface area contributed by atoms with Crippen molar-refractivity contribution in [2.75, 3.05) is 0 Å². The molecular formula is C19H22O7. The van der Waals surface area contributed by atoms with Crippen molar-refractivity contribution in [2.45, 2.75) is 44.5 Å². The monoisotopic (exact) mass is 362 g/mol. The van der Waals surface area contributed by atoms with Gasteiger partial charge in [0.2, 0.25) is 0 Å². The number of ether oxygens (including phenoxy) is 1. The highest BCUT2D eigenvalue weighted by atomic mass is 16.5. The van der Waals surface area contributed by atoms with Crippen LogP contribution in [-0.4, -0.2) is 50.5 Å². The van der Waals surface area contributed by atoms with Crippen LogP contribution in [0.5, 0.6) is 11.5 Å². The lowest BCUT2D eigenvalue weighted by molar-refractivity contribution is -0.128. The molecule has 0 amide bonds. The van der Waals surface area contributed by atoms with Crippen LogP contribution in [0.4, 0.5) is 0 Å². The number of ketones is 1. The summed E-state index contributed by atoms with van der Waals surface area (Å²) in [7, 11) is 0. The zero-order valence-electron chi connectivity index (χ0n) is 14.3. The van der Waals surface area contributed by atoms with Gasteiger partial charge in [-0.2, -0.15) is 0 Å². The topological polar surface area (TPSA) is 124 Å². The number of fused-ring (bicyclic) bond motifs is 1. The molecule has 26 heavy (non-hydrogen) atoms. The molecule has 0 saturated carbocycles. The molecule has 4 N–H and O–H groups in total. The summed E-state index contributed by atoms with van der Waals surface area (Å²) in [5.74, 6) is -2.01. The number of hydrogen-bond donors (Lipinski definition) is 4. The lowest BCUT2D eigenvalue weighted by Gasteiger charge is -2.14. The highest BCUT2D eigenvalue weighted by Crippen LogP contribution is 2.29. The van der Waals surface area contributed by atoms with E-state index in [4.69, 9.17) is 4.74 Å². The fraction of sp³-hybridized carbons (Fsp3) is 0.368. The molecule has 0 saturated heterocycles. The molecule has 1 heterocycles. The maximum absolute atomic E-state index is 12.4. The van der Waals surface area contributed by atoms with Gasteiger partial charge in [-0.15, -0.1) is 0 Å². The summed E-state index contributed by atoms with van der Waals surface area (Å²) in [5, 5.41) is 39.4. The van der Waals surface area contributed by atoms with Gasteiger partial charge in [-0.05, 0) is 37.5 Å². The van der Waals surface area contributed by atoms with Crippen molar-refractivity contribution >= 4 is 17.8 Å². The molecule has 1 aromatic carbocycles. The van der Waals surface area contributed by atoms with E-state index >= 15 is 0 Å². The van der Waals surface area contributed by atoms with Crippen LogP contribution < -0.4 is 0 Å². The van der Waals surface area contributed by atoms with Crippen molar-refractivity contribution in [1.29, 1.82) is 0 Å². The van der Waals surface area contributed by atoms with E-state index in [0.29, 0.717) is 6.42 Å². The molecule has 1 aliphatic heterocycles. The molecule has 7 nitrogen and oxygen atoms in total. The lowest BCUT2D eigenvalue weighted by Crippen LogP contribution is -2.32. The lowest BCUT2D eigenvalue weighted by atomic mass is 10.0. The summed E-state index contributed by atoms with van der Waals surface area (Å²) in [6.07, 6.45) is 2.99. The van der Waals surface area contributed by atoms with Crippen molar-refractivity contribution in [3.63, 3.8) is 0 Å². The number of carbonyl (C=O) groups excluding carboxylic acids is 2. The van der Waals surface area contributed by atoms with E-state index in [1.807, 2.05) is 0 Å². The van der Waals surface area contributed by atoms with Gasteiger partial charge < -0.3 is 25.2 Å². The third kappa shape index (κ3) is 4.93. The van der Waals surface area contributed by atoms with E-state index in [1.54, 1.807) is 13.0 Å². The van der Waals surface area contributed by atoms with Crippen LogP contribution in [0.2, 0.25) is 0 Å². The van der Waals surface area contributed by atoms with Gasteiger partial charge in [-0.25, -0.2) is 4.79 Å². The van der Waals surface area contributed by atoms with Crippen molar-refractivity contribution in [3.05, 3.63) is 41.5 Å². The molecule has 0 aliphatic carbocycles. The predicted octanol–water partition coefficient (Wildman–Crippen LogP) is 1.69. The van der Waals surface area contributed by atoms with Crippen LogP contribution in [0.15, 0.2) is 30.4 Å². The molecular weight excluding hydrogens is 340 g/mol. The van der Waals surface area contributed by atoms with Crippen LogP contribution in [-0.2, 0) is 9.53 Å². The van der Waals surface area contributed by atoms with Gasteiger partial charge >= 0.3 is 5.97 Å². The van der Waals surface area contributed by atoms with Crippen molar-refractivity contribution in [2.24, 2.45) is 0 Å². The summed E-state index contributed by atoms with van der Waals surface area (Å²) in [5.41, 5.74) is 0.178. The number of phenols is 2. The molecule has 0 radical (unpaired) electrons. The summed E-state index contributed by atoms with van der Waals surface area (Å²) >= 11 is 0.